The number of fused-ring (bicyclic) bond motifs is 1. The lowest BCUT2D eigenvalue weighted by Gasteiger charge is -2.28. The van der Waals surface area contributed by atoms with Gasteiger partial charge in [0.15, 0.2) is 0 Å². The molecule has 0 saturated heterocycles. The second-order valence-corrected chi connectivity index (χ2v) is 6.88. The van der Waals surface area contributed by atoms with Crippen LogP contribution in [0.15, 0.2) is 24.3 Å². The average molecular weight is 274 g/mol. The Balaban J connectivity index is 1.73. The highest BCUT2D eigenvalue weighted by molar-refractivity contribution is 5.76. The summed E-state index contributed by atoms with van der Waals surface area (Å²) in [5, 5.41) is 3.03. The van der Waals surface area contributed by atoms with E-state index in [1.54, 1.807) is 0 Å². The fourth-order valence-corrected chi connectivity index (χ4v) is 2.64. The standard InChI is InChI=1S/C17H26N2O/c1-17(2,3)12-16(20)18-9-11-19-10-8-14-6-4-5-7-15(14)13-19/h4-7H,8-13H2,1-3H3,(H,18,20). The van der Waals surface area contributed by atoms with E-state index in [0.29, 0.717) is 6.42 Å². The highest BCUT2D eigenvalue weighted by Gasteiger charge is 2.17. The predicted octanol–water partition coefficient (Wildman–Crippen LogP) is 2.60. The monoisotopic (exact) mass is 274 g/mol. The Morgan fingerprint density at radius 2 is 1.95 bits per heavy atom. The number of amides is 1. The van der Waals surface area contributed by atoms with Crippen LogP contribution in [0.2, 0.25) is 0 Å². The molecule has 1 aromatic rings. The van der Waals surface area contributed by atoms with Gasteiger partial charge in [0, 0.05) is 32.6 Å². The number of benzene rings is 1. The van der Waals surface area contributed by atoms with E-state index in [0.717, 1.165) is 32.6 Å². The van der Waals surface area contributed by atoms with Gasteiger partial charge in [-0.05, 0) is 23.0 Å². The van der Waals surface area contributed by atoms with E-state index in [2.05, 4.69) is 55.3 Å². The van der Waals surface area contributed by atoms with Crippen LogP contribution in [0.4, 0.5) is 0 Å². The molecule has 0 aromatic heterocycles. The normalized spacial score (nSPS) is 15.8. The van der Waals surface area contributed by atoms with E-state index in [9.17, 15) is 4.79 Å². The number of nitrogens with one attached hydrogen (secondary N) is 1. The minimum Gasteiger partial charge on any atom is -0.355 e. The SMILES string of the molecule is CC(C)(C)CC(=O)NCCN1CCc2ccccc2C1. The van der Waals surface area contributed by atoms with Crippen LogP contribution in [0, 0.1) is 5.41 Å². The summed E-state index contributed by atoms with van der Waals surface area (Å²) in [6, 6.07) is 8.64. The highest BCUT2D eigenvalue weighted by atomic mass is 16.1. The van der Waals surface area contributed by atoms with Gasteiger partial charge in [-0.1, -0.05) is 45.0 Å². The molecule has 0 aliphatic carbocycles. The van der Waals surface area contributed by atoms with Crippen LogP contribution in [0.1, 0.15) is 38.3 Å². The Bertz CT molecular complexity index is 462. The van der Waals surface area contributed by atoms with Crippen molar-refractivity contribution in [3.05, 3.63) is 35.4 Å². The quantitative estimate of drug-likeness (QED) is 0.915. The van der Waals surface area contributed by atoms with Gasteiger partial charge in [0.25, 0.3) is 0 Å². The molecule has 110 valence electrons. The molecule has 0 spiro atoms. The Kier molecular flexibility index (Phi) is 4.81. The van der Waals surface area contributed by atoms with Crippen LogP contribution in [-0.4, -0.2) is 30.4 Å². The molecule has 20 heavy (non-hydrogen) atoms. The van der Waals surface area contributed by atoms with Crippen molar-refractivity contribution in [2.75, 3.05) is 19.6 Å². The van der Waals surface area contributed by atoms with Gasteiger partial charge in [-0.25, -0.2) is 0 Å². The fourth-order valence-electron chi connectivity index (χ4n) is 2.64. The van der Waals surface area contributed by atoms with Gasteiger partial charge >= 0.3 is 0 Å². The molecular formula is C17H26N2O. The Hall–Kier alpha value is -1.35. The molecule has 1 aliphatic rings. The van der Waals surface area contributed by atoms with Crippen molar-refractivity contribution in [2.45, 2.75) is 40.2 Å². The molecule has 0 bridgehead atoms. The lowest BCUT2D eigenvalue weighted by Crippen LogP contribution is -2.38. The van der Waals surface area contributed by atoms with Crippen LogP contribution in [0.25, 0.3) is 0 Å². The summed E-state index contributed by atoms with van der Waals surface area (Å²) in [6.45, 7) is 10.1. The first kappa shape index (κ1) is 15.0. The maximum Gasteiger partial charge on any atom is 0.220 e. The summed E-state index contributed by atoms with van der Waals surface area (Å²) in [6.07, 6.45) is 1.71. The van der Waals surface area contributed by atoms with E-state index in [1.807, 2.05) is 0 Å². The zero-order chi connectivity index (χ0) is 14.6. The second kappa shape index (κ2) is 6.40. The Morgan fingerprint density at radius 3 is 2.65 bits per heavy atom. The number of carbonyl (C=O) groups is 1. The third-order valence-electron chi connectivity index (χ3n) is 3.65. The molecule has 3 nitrogen and oxygen atoms in total. The van der Waals surface area contributed by atoms with Gasteiger partial charge in [0.05, 0.1) is 0 Å². The van der Waals surface area contributed by atoms with Crippen molar-refractivity contribution in [1.82, 2.24) is 10.2 Å². The van der Waals surface area contributed by atoms with Crippen molar-refractivity contribution in [2.24, 2.45) is 5.41 Å². The predicted molar refractivity (Wildman–Crippen MR) is 82.5 cm³/mol. The lowest BCUT2D eigenvalue weighted by atomic mass is 9.92. The first-order valence-electron chi connectivity index (χ1n) is 7.50. The molecule has 3 heteroatoms. The molecule has 0 atom stereocenters. The zero-order valence-corrected chi connectivity index (χ0v) is 12.9. The molecule has 0 fully saturated rings. The first-order chi connectivity index (χ1) is 9.44. The number of rotatable bonds is 4. The fraction of sp³-hybridized carbons (Fsp3) is 0.588. The topological polar surface area (TPSA) is 32.3 Å². The summed E-state index contributed by atoms with van der Waals surface area (Å²) >= 11 is 0. The van der Waals surface area contributed by atoms with E-state index in [-0.39, 0.29) is 11.3 Å². The summed E-state index contributed by atoms with van der Waals surface area (Å²) in [7, 11) is 0. The molecule has 1 N–H and O–H groups in total. The molecule has 1 aliphatic heterocycles. The number of hydrogen-bond acceptors (Lipinski definition) is 2. The van der Waals surface area contributed by atoms with Crippen LogP contribution in [-0.2, 0) is 17.8 Å². The molecule has 2 rings (SSSR count). The zero-order valence-electron chi connectivity index (χ0n) is 12.9. The van der Waals surface area contributed by atoms with Crippen LogP contribution in [0.3, 0.4) is 0 Å². The number of carbonyl (C=O) groups excluding carboxylic acids is 1. The van der Waals surface area contributed by atoms with Gasteiger partial charge < -0.3 is 5.32 Å². The molecule has 0 radical (unpaired) electrons. The maximum absolute atomic E-state index is 11.8. The highest BCUT2D eigenvalue weighted by Crippen LogP contribution is 2.19. The van der Waals surface area contributed by atoms with Crippen molar-refractivity contribution in [3.63, 3.8) is 0 Å². The molecule has 0 saturated carbocycles. The third-order valence-corrected chi connectivity index (χ3v) is 3.65. The molecule has 1 aromatic carbocycles. The maximum atomic E-state index is 11.8. The minimum atomic E-state index is 0.0636. The largest absolute Gasteiger partial charge is 0.355 e. The van der Waals surface area contributed by atoms with E-state index < -0.39 is 0 Å². The summed E-state index contributed by atoms with van der Waals surface area (Å²) in [4.78, 5) is 14.2. The summed E-state index contributed by atoms with van der Waals surface area (Å²) in [5.41, 5.74) is 2.97. The molecular weight excluding hydrogens is 248 g/mol. The first-order valence-corrected chi connectivity index (χ1v) is 7.50. The third kappa shape index (κ3) is 4.64. The Labute approximate surface area is 122 Å². The Morgan fingerprint density at radius 1 is 1.25 bits per heavy atom. The minimum absolute atomic E-state index is 0.0636. The molecule has 1 amide bonds. The second-order valence-electron chi connectivity index (χ2n) is 6.88. The van der Waals surface area contributed by atoms with Gasteiger partial charge in [-0.15, -0.1) is 0 Å². The smallest absolute Gasteiger partial charge is 0.220 e. The summed E-state index contributed by atoms with van der Waals surface area (Å²) in [5.74, 6) is 0.162. The van der Waals surface area contributed by atoms with Gasteiger partial charge in [0.1, 0.15) is 0 Å². The van der Waals surface area contributed by atoms with Crippen molar-refractivity contribution >= 4 is 5.91 Å². The van der Waals surface area contributed by atoms with E-state index in [1.165, 1.54) is 11.1 Å². The summed E-state index contributed by atoms with van der Waals surface area (Å²) < 4.78 is 0. The molecule has 1 heterocycles. The van der Waals surface area contributed by atoms with Gasteiger partial charge in [0.2, 0.25) is 5.91 Å². The van der Waals surface area contributed by atoms with Crippen LogP contribution < -0.4 is 5.32 Å². The van der Waals surface area contributed by atoms with Gasteiger partial charge in [-0.3, -0.25) is 9.69 Å². The van der Waals surface area contributed by atoms with Crippen LogP contribution in [0.5, 0.6) is 0 Å². The lowest BCUT2D eigenvalue weighted by molar-refractivity contribution is -0.122. The van der Waals surface area contributed by atoms with E-state index in [4.69, 9.17) is 0 Å². The van der Waals surface area contributed by atoms with E-state index >= 15 is 0 Å². The number of hydrogen-bond donors (Lipinski definition) is 1. The average Bonchev–Trinajstić information content (AvgIpc) is 2.36. The van der Waals surface area contributed by atoms with Crippen LogP contribution >= 0.6 is 0 Å². The molecule has 0 unspecified atom stereocenters. The van der Waals surface area contributed by atoms with Crippen molar-refractivity contribution < 1.29 is 4.79 Å². The van der Waals surface area contributed by atoms with Crippen molar-refractivity contribution in [3.8, 4) is 0 Å². The van der Waals surface area contributed by atoms with Crippen molar-refractivity contribution in [1.29, 1.82) is 0 Å². The van der Waals surface area contributed by atoms with Gasteiger partial charge in [-0.2, -0.15) is 0 Å². The number of nitrogens with zero attached hydrogens (tertiary/aromatic N) is 1.